The van der Waals surface area contributed by atoms with E-state index in [2.05, 4.69) is 82.7 Å². The molecule has 0 unspecified atom stereocenters. The molecule has 0 aromatic heterocycles. The molecule has 0 radical (unpaired) electrons. The fourth-order valence-electron chi connectivity index (χ4n) is 20.0. The van der Waals surface area contributed by atoms with E-state index in [1.807, 2.05) is 0 Å². The first-order valence-electron chi connectivity index (χ1n) is 29.2. The topological polar surface area (TPSA) is 121 Å². The van der Waals surface area contributed by atoms with Crippen LogP contribution >= 0.6 is 0 Å². The molecule has 0 bridgehead atoms. The van der Waals surface area contributed by atoms with Gasteiger partial charge in [-0.3, -0.25) is 14.6 Å². The van der Waals surface area contributed by atoms with Crippen LogP contribution in [0.3, 0.4) is 0 Å². The van der Waals surface area contributed by atoms with Gasteiger partial charge in [-0.1, -0.05) is 76.0 Å². The maximum atomic E-state index is 12.7. The second kappa shape index (κ2) is 18.8. The fraction of sp³-hybridized carbons (Fsp3) is 0.850. The molecule has 72 heavy (non-hydrogen) atoms. The van der Waals surface area contributed by atoms with Crippen LogP contribution in [0.4, 0.5) is 13.2 Å². The summed E-state index contributed by atoms with van der Waals surface area (Å²) in [4.78, 5) is 16.3. The van der Waals surface area contributed by atoms with Gasteiger partial charge < -0.3 is 30.7 Å². The lowest BCUT2D eigenvalue weighted by molar-refractivity contribution is -0.173. The number of ether oxygens (including phenoxy) is 2. The van der Waals surface area contributed by atoms with Crippen molar-refractivity contribution in [1.29, 1.82) is 0 Å². The van der Waals surface area contributed by atoms with Crippen molar-refractivity contribution in [1.82, 2.24) is 15.1 Å². The predicted molar refractivity (Wildman–Crippen MR) is 275 cm³/mol. The molecule has 4 aliphatic heterocycles. The molecule has 0 aromatic carbocycles. The molecule has 8 aliphatic carbocycles. The number of halogens is 3. The number of nitrogens with two attached hydrogens (primary N) is 1. The van der Waals surface area contributed by atoms with E-state index in [9.17, 15) is 28.2 Å². The highest BCUT2D eigenvalue weighted by atomic mass is 19.4. The number of carbonyl (C=O) groups is 1. The van der Waals surface area contributed by atoms with Gasteiger partial charge in [0.05, 0.1) is 35.6 Å². The second-order valence-electron chi connectivity index (χ2n) is 27.0. The number of amides is 1. The first-order valence-corrected chi connectivity index (χ1v) is 29.2. The molecule has 4 saturated carbocycles. The number of rotatable bonds is 5. The first kappa shape index (κ1) is 52.0. The molecule has 8 fully saturated rings. The van der Waals surface area contributed by atoms with Gasteiger partial charge in [-0.05, 0) is 186 Å². The predicted octanol–water partition coefficient (Wildman–Crippen LogP) is 10.1. The maximum Gasteiger partial charge on any atom is 0.471 e. The lowest BCUT2D eigenvalue weighted by atomic mass is 9.56. The number of nitrogens with zero attached hydrogens (tertiary/aromatic N) is 2. The molecule has 0 aromatic rings. The molecule has 5 N–H and O–H groups in total. The van der Waals surface area contributed by atoms with Crippen LogP contribution in [0.25, 0.3) is 0 Å². The average Bonchev–Trinajstić information content (AvgIpc) is 4.06. The van der Waals surface area contributed by atoms with Gasteiger partial charge in [0.15, 0.2) is 0 Å². The number of allylic oxidation sites excluding steroid dienone is 4. The van der Waals surface area contributed by atoms with E-state index < -0.39 is 12.1 Å². The van der Waals surface area contributed by atoms with Gasteiger partial charge in [0.2, 0.25) is 0 Å². The summed E-state index contributed by atoms with van der Waals surface area (Å²) < 4.78 is 52.4. The van der Waals surface area contributed by atoms with Crippen LogP contribution in [-0.2, 0) is 14.3 Å². The van der Waals surface area contributed by atoms with Crippen molar-refractivity contribution < 1.29 is 37.7 Å². The van der Waals surface area contributed by atoms with Gasteiger partial charge >= 0.3 is 12.1 Å². The van der Waals surface area contributed by atoms with Crippen LogP contribution in [0.1, 0.15) is 158 Å². The van der Waals surface area contributed by atoms with E-state index in [0.717, 1.165) is 108 Å². The summed E-state index contributed by atoms with van der Waals surface area (Å²) in [7, 11) is 0. The van der Waals surface area contributed by atoms with Gasteiger partial charge in [-0.15, -0.1) is 0 Å². The zero-order valence-electron chi connectivity index (χ0n) is 45.2. The van der Waals surface area contributed by atoms with Crippen LogP contribution < -0.4 is 11.1 Å². The lowest BCUT2D eigenvalue weighted by Crippen LogP contribution is -2.54. The average molecular weight is 1010 g/mol. The Bertz CT molecular complexity index is 2240. The summed E-state index contributed by atoms with van der Waals surface area (Å²) in [5.41, 5.74) is 15.6. The van der Waals surface area contributed by atoms with Crippen LogP contribution in [0.2, 0.25) is 0 Å². The molecule has 1 amide bonds. The van der Waals surface area contributed by atoms with Crippen molar-refractivity contribution in [2.75, 3.05) is 39.3 Å². The quantitative estimate of drug-likeness (QED) is 0.201. The third-order valence-electron chi connectivity index (χ3n) is 23.6. The largest absolute Gasteiger partial charge is 0.471 e. The highest BCUT2D eigenvalue weighted by molar-refractivity contribution is 5.81. The minimum atomic E-state index is -4.85. The van der Waals surface area contributed by atoms with Gasteiger partial charge in [-0.2, -0.15) is 13.2 Å². The van der Waals surface area contributed by atoms with E-state index in [0.29, 0.717) is 59.6 Å². The third-order valence-corrected chi connectivity index (χ3v) is 23.6. The molecule has 12 heteroatoms. The first-order chi connectivity index (χ1) is 34.1. The maximum absolute atomic E-state index is 12.7. The SMILES string of the molecule is CC1=C2C[C@H]3[C@@H](CC=C4C[C@@H](O)CC[C@@]43C)[C@@H]2CC[C@]12O[C@@H]1C[C@H](C)CN(CCN)[C@H]1[C@H]2C.CC1=C2C[C@H]3[C@@H](CC=C4C[C@@H](O)CC[C@@]43C)[C@@H]2CC[C@]12O[C@@H]1C[C@H](C)CN(CCNC(=O)C(F)(F)F)[C@H]1[C@H]2C. The molecular formula is C60H91F3N4O5. The normalized spacial score (nSPS) is 48.6. The fourth-order valence-corrected chi connectivity index (χ4v) is 20.0. The molecule has 12 rings (SSSR count). The minimum Gasteiger partial charge on any atom is -0.393 e. The van der Waals surface area contributed by atoms with E-state index >= 15 is 0 Å². The number of likely N-dealkylation sites (tertiary alicyclic amines) is 2. The van der Waals surface area contributed by atoms with Crippen LogP contribution in [0, 0.1) is 70.0 Å². The number of carbonyl (C=O) groups excluding carboxylic acids is 1. The number of aliphatic hydroxyl groups excluding tert-OH is 2. The summed E-state index contributed by atoms with van der Waals surface area (Å²) in [6, 6.07) is 0.663. The Morgan fingerprint density at radius 3 is 1.58 bits per heavy atom. The summed E-state index contributed by atoms with van der Waals surface area (Å²) >= 11 is 0. The number of aliphatic hydroxyl groups is 2. The zero-order chi connectivity index (χ0) is 51.0. The number of hydrogen-bond acceptors (Lipinski definition) is 8. The van der Waals surface area contributed by atoms with Crippen LogP contribution in [0.5, 0.6) is 0 Å². The number of piperidine rings is 2. The van der Waals surface area contributed by atoms with Crippen molar-refractivity contribution in [2.45, 2.75) is 212 Å². The molecular weight excluding hydrogens is 914 g/mol. The van der Waals surface area contributed by atoms with E-state index in [1.54, 1.807) is 22.3 Å². The van der Waals surface area contributed by atoms with Crippen molar-refractivity contribution in [2.24, 2.45) is 75.7 Å². The summed E-state index contributed by atoms with van der Waals surface area (Å²) in [5.74, 6) is 4.18. The summed E-state index contributed by atoms with van der Waals surface area (Å²) in [5, 5.41) is 22.7. The number of fused-ring (bicyclic) bond motifs is 12. The third kappa shape index (κ3) is 8.18. The van der Waals surface area contributed by atoms with Crippen molar-refractivity contribution in [3.8, 4) is 0 Å². The Morgan fingerprint density at radius 1 is 0.708 bits per heavy atom. The van der Waals surface area contributed by atoms with E-state index in [1.165, 1.54) is 49.8 Å². The summed E-state index contributed by atoms with van der Waals surface area (Å²) in [6.07, 6.45) is 17.6. The standard InChI is InChI=1S/C31H45F3N2O3.C29H46N2O2/c1-17-13-26-27(36(16-17)12-11-35-28(38)31(32,33)34)19(3)30(39-26)10-8-22-23-6-5-20-14-21(37)7-9-29(20,4)25(23)15-24(22)18(30)2;1-17-13-26-27(31(16-17)12-11-30)19(3)29(33-26)10-8-22-23-6-5-20-14-21(32)7-9-28(20,4)25(23)15-24(22)18(29)2/h5,17,19,21-23,25-27,37H,6-16H2,1-4H3,(H,35,38);5,17,19,21-23,25-27,32H,6-16,30H2,1-4H3/t17-,19+,21-,22-,23-,25-,26+,27-,29-,30-;17-,19+,21-,22-,23-,25-,26+,27-,28-,29-/m00/s1. The smallest absolute Gasteiger partial charge is 0.393 e. The Labute approximate surface area is 429 Å². The Hall–Kier alpha value is -2.06. The van der Waals surface area contributed by atoms with Crippen molar-refractivity contribution in [3.05, 3.63) is 45.6 Å². The minimum absolute atomic E-state index is 0.0118. The monoisotopic (exact) mass is 1000 g/mol. The Balaban J connectivity index is 0.000000158. The molecule has 4 saturated heterocycles. The van der Waals surface area contributed by atoms with Crippen molar-refractivity contribution in [3.63, 3.8) is 0 Å². The van der Waals surface area contributed by atoms with Crippen LogP contribution in [0.15, 0.2) is 45.6 Å². The van der Waals surface area contributed by atoms with Gasteiger partial charge in [0.25, 0.3) is 0 Å². The van der Waals surface area contributed by atoms with E-state index in [-0.39, 0.29) is 53.4 Å². The Kier molecular flexibility index (Phi) is 13.6. The molecule has 12 aliphatic rings. The highest BCUT2D eigenvalue weighted by Gasteiger charge is 2.64. The zero-order valence-corrected chi connectivity index (χ0v) is 45.2. The van der Waals surface area contributed by atoms with Crippen LogP contribution in [-0.4, -0.2) is 119 Å². The molecule has 20 atom stereocenters. The van der Waals surface area contributed by atoms with E-state index in [4.69, 9.17) is 15.2 Å². The molecule has 9 nitrogen and oxygen atoms in total. The molecule has 2 spiro atoms. The van der Waals surface area contributed by atoms with Gasteiger partial charge in [-0.25, -0.2) is 0 Å². The van der Waals surface area contributed by atoms with Crippen molar-refractivity contribution >= 4 is 5.91 Å². The number of nitrogens with one attached hydrogen (secondary N) is 1. The van der Waals surface area contributed by atoms with Gasteiger partial charge in [0.1, 0.15) is 0 Å². The second-order valence-corrected chi connectivity index (χ2v) is 27.0. The molecule has 4 heterocycles. The molecule has 402 valence electrons. The lowest BCUT2D eigenvalue weighted by Gasteiger charge is -2.49. The van der Waals surface area contributed by atoms with Gasteiger partial charge in [0, 0.05) is 63.2 Å². The number of alkyl halides is 3. The highest BCUT2D eigenvalue weighted by Crippen LogP contribution is 2.67. The summed E-state index contributed by atoms with van der Waals surface area (Å²) in [6.45, 7) is 23.2. The number of hydrogen-bond donors (Lipinski definition) is 4. The Morgan fingerprint density at radius 2 is 1.15 bits per heavy atom.